The van der Waals surface area contributed by atoms with Crippen LogP contribution in [-0.2, 0) is 6.54 Å². The predicted octanol–water partition coefficient (Wildman–Crippen LogP) is 4.07. The first-order valence-electron chi connectivity index (χ1n) is 8.40. The van der Waals surface area contributed by atoms with Crippen molar-refractivity contribution in [3.63, 3.8) is 0 Å². The first kappa shape index (κ1) is 18.8. The van der Waals surface area contributed by atoms with Crippen molar-refractivity contribution in [2.24, 2.45) is 0 Å². The van der Waals surface area contributed by atoms with Crippen LogP contribution in [-0.4, -0.2) is 25.6 Å². The van der Waals surface area contributed by atoms with Gasteiger partial charge in [0, 0.05) is 35.0 Å². The molecule has 0 bridgehead atoms. The average Bonchev–Trinajstić information content (AvgIpc) is 2.98. The summed E-state index contributed by atoms with van der Waals surface area (Å²) in [6, 6.07) is 7.56. The lowest BCUT2D eigenvalue weighted by molar-refractivity contribution is 0.0687. The summed E-state index contributed by atoms with van der Waals surface area (Å²) in [5.74, 6) is -2.90. The van der Waals surface area contributed by atoms with E-state index in [-0.39, 0.29) is 39.6 Å². The Labute approximate surface area is 167 Å². The van der Waals surface area contributed by atoms with E-state index in [0.29, 0.717) is 11.5 Å². The maximum Gasteiger partial charge on any atom is 0.353 e. The van der Waals surface area contributed by atoms with Gasteiger partial charge in [0.25, 0.3) is 5.56 Å². The number of pyridine rings is 2. The Kier molecular flexibility index (Phi) is 4.63. The minimum absolute atomic E-state index is 0.0658. The van der Waals surface area contributed by atoms with E-state index < -0.39 is 23.2 Å². The van der Waals surface area contributed by atoms with Gasteiger partial charge in [0.15, 0.2) is 0 Å². The lowest BCUT2D eigenvalue weighted by Crippen LogP contribution is -2.14. The molecule has 0 spiro atoms. The maximum absolute atomic E-state index is 14.2. The predicted molar refractivity (Wildman–Crippen MR) is 103 cm³/mol. The summed E-state index contributed by atoms with van der Waals surface area (Å²) >= 11 is 6.06. The van der Waals surface area contributed by atoms with Gasteiger partial charge in [-0.25, -0.2) is 18.6 Å². The third kappa shape index (κ3) is 3.27. The molecule has 1 aromatic carbocycles. The highest BCUT2D eigenvalue weighted by atomic mass is 35.5. The number of hydrogen-bond acceptors (Lipinski definition) is 3. The monoisotopic (exact) mass is 415 g/mol. The fraction of sp³-hybridized carbons (Fsp3) is 0.0500. The molecule has 0 fully saturated rings. The van der Waals surface area contributed by atoms with Crippen LogP contribution in [0.2, 0.25) is 5.02 Å². The van der Waals surface area contributed by atoms with Crippen molar-refractivity contribution in [3.05, 3.63) is 87.1 Å². The Morgan fingerprint density at radius 1 is 1.24 bits per heavy atom. The number of carbonyl (C=O) groups is 1. The van der Waals surface area contributed by atoms with E-state index in [4.69, 9.17) is 11.6 Å². The van der Waals surface area contributed by atoms with E-state index in [9.17, 15) is 23.5 Å². The zero-order valence-electron chi connectivity index (χ0n) is 14.6. The molecule has 0 saturated carbocycles. The summed E-state index contributed by atoms with van der Waals surface area (Å²) < 4.78 is 28.8. The number of H-pyrrole nitrogens is 1. The van der Waals surface area contributed by atoms with E-state index in [2.05, 4.69) is 9.97 Å². The summed E-state index contributed by atoms with van der Waals surface area (Å²) in [6.45, 7) is -0.233. The molecule has 0 aliphatic rings. The van der Waals surface area contributed by atoms with Crippen molar-refractivity contribution in [3.8, 4) is 11.1 Å². The van der Waals surface area contributed by atoms with Crippen molar-refractivity contribution in [1.82, 2.24) is 14.5 Å². The van der Waals surface area contributed by atoms with Gasteiger partial charge in [-0.05, 0) is 24.3 Å². The molecular formula is C20H12ClF2N3O3. The van der Waals surface area contributed by atoms with Crippen LogP contribution < -0.4 is 5.56 Å². The van der Waals surface area contributed by atoms with Gasteiger partial charge in [-0.3, -0.25) is 4.79 Å². The van der Waals surface area contributed by atoms with Gasteiger partial charge in [-0.15, -0.1) is 0 Å². The molecule has 0 saturated heterocycles. The number of nitrogens with zero attached hydrogens (tertiary/aromatic N) is 2. The second kappa shape index (κ2) is 7.14. The first-order chi connectivity index (χ1) is 13.9. The van der Waals surface area contributed by atoms with E-state index in [1.165, 1.54) is 35.2 Å². The Morgan fingerprint density at radius 2 is 2.03 bits per heavy atom. The molecule has 146 valence electrons. The minimum Gasteiger partial charge on any atom is -0.477 e. The molecule has 29 heavy (non-hydrogen) atoms. The molecule has 4 aromatic rings. The van der Waals surface area contributed by atoms with E-state index in [1.54, 1.807) is 6.07 Å². The Morgan fingerprint density at radius 3 is 2.72 bits per heavy atom. The van der Waals surface area contributed by atoms with Crippen LogP contribution in [0.5, 0.6) is 0 Å². The zero-order valence-corrected chi connectivity index (χ0v) is 15.4. The number of carboxylic acids is 1. The topological polar surface area (TPSA) is 88.0 Å². The van der Waals surface area contributed by atoms with Gasteiger partial charge in [0.2, 0.25) is 0 Å². The van der Waals surface area contributed by atoms with Gasteiger partial charge in [-0.2, -0.15) is 0 Å². The molecule has 0 atom stereocenters. The number of fused-ring (bicyclic) bond motifs is 1. The van der Waals surface area contributed by atoms with Gasteiger partial charge in [0.05, 0.1) is 17.1 Å². The third-order valence-electron chi connectivity index (χ3n) is 4.50. The molecule has 2 N–H and O–H groups in total. The molecule has 9 heteroatoms. The molecule has 0 radical (unpaired) electrons. The Hall–Kier alpha value is -3.52. The second-order valence-corrected chi connectivity index (χ2v) is 6.72. The second-order valence-electron chi connectivity index (χ2n) is 6.29. The summed E-state index contributed by atoms with van der Waals surface area (Å²) in [4.78, 5) is 31.2. The average molecular weight is 416 g/mol. The van der Waals surface area contributed by atoms with Gasteiger partial charge in [-0.1, -0.05) is 17.7 Å². The third-order valence-corrected chi connectivity index (χ3v) is 4.71. The molecule has 0 unspecified atom stereocenters. The lowest BCUT2D eigenvalue weighted by Gasteiger charge is -2.10. The maximum atomic E-state index is 14.2. The van der Waals surface area contributed by atoms with Crippen molar-refractivity contribution in [1.29, 1.82) is 0 Å². The quantitative estimate of drug-likeness (QED) is 0.526. The van der Waals surface area contributed by atoms with Crippen molar-refractivity contribution < 1.29 is 18.7 Å². The van der Waals surface area contributed by atoms with Crippen LogP contribution in [0.1, 0.15) is 16.1 Å². The van der Waals surface area contributed by atoms with Gasteiger partial charge in [0.1, 0.15) is 23.0 Å². The van der Waals surface area contributed by atoms with Crippen molar-refractivity contribution >= 4 is 28.6 Å². The molecule has 3 aromatic heterocycles. The van der Waals surface area contributed by atoms with E-state index in [1.807, 2.05) is 0 Å². The fourth-order valence-corrected chi connectivity index (χ4v) is 3.45. The highest BCUT2D eigenvalue weighted by Gasteiger charge is 2.26. The van der Waals surface area contributed by atoms with Crippen LogP contribution in [0.25, 0.3) is 22.2 Å². The summed E-state index contributed by atoms with van der Waals surface area (Å²) in [7, 11) is 0. The molecule has 0 amide bonds. The first-order valence-corrected chi connectivity index (χ1v) is 8.77. The van der Waals surface area contributed by atoms with Crippen LogP contribution in [0.3, 0.4) is 0 Å². The fourth-order valence-electron chi connectivity index (χ4n) is 3.29. The van der Waals surface area contributed by atoms with Crippen molar-refractivity contribution in [2.45, 2.75) is 6.54 Å². The number of nitrogens with one attached hydrogen (secondary N) is 1. The number of aromatic carboxylic acids is 1. The minimum atomic E-state index is -1.33. The Balaban J connectivity index is 2.07. The van der Waals surface area contributed by atoms with Crippen LogP contribution in [0, 0.1) is 11.6 Å². The number of benzene rings is 1. The molecule has 4 rings (SSSR count). The van der Waals surface area contributed by atoms with Crippen LogP contribution >= 0.6 is 11.6 Å². The number of halogens is 3. The molecule has 0 aliphatic heterocycles. The summed E-state index contributed by atoms with van der Waals surface area (Å²) in [5, 5.41) is 10.5. The van der Waals surface area contributed by atoms with Crippen molar-refractivity contribution in [2.75, 3.05) is 0 Å². The molecule has 6 nitrogen and oxygen atoms in total. The number of aromatic nitrogens is 3. The number of aromatic amines is 1. The molecular weight excluding hydrogens is 404 g/mol. The highest BCUT2D eigenvalue weighted by Crippen LogP contribution is 2.34. The van der Waals surface area contributed by atoms with E-state index >= 15 is 0 Å². The zero-order chi connectivity index (χ0) is 20.7. The smallest absolute Gasteiger partial charge is 0.353 e. The molecule has 3 heterocycles. The number of rotatable bonds is 4. The molecule has 0 aliphatic carbocycles. The summed E-state index contributed by atoms with van der Waals surface area (Å²) in [5.41, 5.74) is -0.258. The largest absolute Gasteiger partial charge is 0.477 e. The SMILES string of the molecule is O=C(O)c1c(-c2ccc[nH]c2=O)c2cc(Cl)cnc2n1Cc1ccc(F)cc1F. The summed E-state index contributed by atoms with van der Waals surface area (Å²) in [6.07, 6.45) is 2.75. The highest BCUT2D eigenvalue weighted by molar-refractivity contribution is 6.31. The standard InChI is InChI=1S/C20H12ClF2N3O3/c21-11-6-14-16(13-2-1-5-24-19(13)27)17(20(28)29)26(18(14)25-8-11)9-10-3-4-12(22)7-15(10)23/h1-8H,9H2,(H,24,27)(H,28,29). The van der Waals surface area contributed by atoms with E-state index in [0.717, 1.165) is 6.07 Å². The number of carboxylic acid groups (broad SMARTS) is 1. The normalized spacial score (nSPS) is 11.1. The van der Waals surface area contributed by atoms with Crippen LogP contribution in [0.4, 0.5) is 8.78 Å². The Bertz CT molecular complexity index is 1330. The number of hydrogen-bond donors (Lipinski definition) is 2. The van der Waals surface area contributed by atoms with Crippen LogP contribution in [0.15, 0.2) is 53.6 Å². The van der Waals surface area contributed by atoms with Gasteiger partial charge >= 0.3 is 5.97 Å². The lowest BCUT2D eigenvalue weighted by atomic mass is 10.0. The van der Waals surface area contributed by atoms with Gasteiger partial charge < -0.3 is 14.7 Å².